The largest absolute Gasteiger partial charge is 0.478 e. The van der Waals surface area contributed by atoms with Gasteiger partial charge in [0.15, 0.2) is 0 Å². The molecule has 0 atom stereocenters. The van der Waals surface area contributed by atoms with Gasteiger partial charge in [-0.3, -0.25) is 0 Å². The second-order valence-corrected chi connectivity index (χ2v) is 3.61. The van der Waals surface area contributed by atoms with Crippen LogP contribution in [0.3, 0.4) is 0 Å². The van der Waals surface area contributed by atoms with E-state index in [1.807, 2.05) is 4.57 Å². The Hall–Kier alpha value is -1.29. The van der Waals surface area contributed by atoms with E-state index in [0.29, 0.717) is 18.0 Å². The smallest absolute Gasteiger partial charge is 0.337 e. The lowest BCUT2D eigenvalue weighted by atomic mass is 10.2. The lowest BCUT2D eigenvalue weighted by Crippen LogP contribution is -2.08. The van der Waals surface area contributed by atoms with E-state index in [1.54, 1.807) is 12.3 Å². The van der Waals surface area contributed by atoms with Gasteiger partial charge in [-0.05, 0) is 18.9 Å². The molecule has 1 saturated carbocycles. The summed E-state index contributed by atoms with van der Waals surface area (Å²) in [4.78, 5) is 10.9. The third kappa shape index (κ3) is 1.53. The fraction of sp³-hybridized carbons (Fsp3) is 0.500. The normalized spacial score (nSPS) is 15.8. The number of aliphatic hydroxyl groups is 1. The highest BCUT2D eigenvalue weighted by atomic mass is 16.4. The Morgan fingerprint density at radius 2 is 2.29 bits per heavy atom. The Labute approximate surface area is 81.8 Å². The second kappa shape index (κ2) is 3.46. The average Bonchev–Trinajstić information content (AvgIpc) is 2.88. The van der Waals surface area contributed by atoms with E-state index in [4.69, 9.17) is 10.2 Å². The summed E-state index contributed by atoms with van der Waals surface area (Å²) in [6.45, 7) is 0.534. The highest BCUT2D eigenvalue weighted by Gasteiger charge is 2.31. The molecule has 0 radical (unpaired) electrons. The van der Waals surface area contributed by atoms with Gasteiger partial charge in [0.2, 0.25) is 0 Å². The molecule has 4 heteroatoms. The molecular formula is C10H13NO3. The third-order valence-corrected chi connectivity index (χ3v) is 2.54. The van der Waals surface area contributed by atoms with E-state index in [0.717, 1.165) is 18.5 Å². The van der Waals surface area contributed by atoms with Crippen molar-refractivity contribution in [3.63, 3.8) is 0 Å². The van der Waals surface area contributed by atoms with Crippen LogP contribution in [0.2, 0.25) is 0 Å². The van der Waals surface area contributed by atoms with Crippen molar-refractivity contribution in [1.29, 1.82) is 0 Å². The molecule has 1 aliphatic carbocycles. The molecule has 0 saturated heterocycles. The lowest BCUT2D eigenvalue weighted by Gasteiger charge is -2.07. The number of aromatic carboxylic acids is 1. The maximum atomic E-state index is 10.9. The number of aliphatic hydroxyl groups excluding tert-OH is 1. The monoisotopic (exact) mass is 195 g/mol. The van der Waals surface area contributed by atoms with Crippen LogP contribution >= 0.6 is 0 Å². The van der Waals surface area contributed by atoms with Crippen molar-refractivity contribution in [3.05, 3.63) is 23.5 Å². The number of hydrogen-bond acceptors (Lipinski definition) is 2. The van der Waals surface area contributed by atoms with E-state index in [1.165, 1.54) is 0 Å². The van der Waals surface area contributed by atoms with Gasteiger partial charge in [0.05, 0.1) is 12.2 Å². The molecule has 0 spiro atoms. The molecule has 0 aliphatic heterocycles. The summed E-state index contributed by atoms with van der Waals surface area (Å²) in [7, 11) is 0. The SMILES string of the molecule is O=C(O)c1ccn(CCO)c1C1CC1. The van der Waals surface area contributed by atoms with Gasteiger partial charge in [0.1, 0.15) is 0 Å². The van der Waals surface area contributed by atoms with Crippen LogP contribution in [-0.4, -0.2) is 27.4 Å². The number of carboxylic acids is 1. The molecule has 1 aromatic heterocycles. The summed E-state index contributed by atoms with van der Waals surface area (Å²) in [5, 5.41) is 17.8. The van der Waals surface area contributed by atoms with E-state index < -0.39 is 5.97 Å². The van der Waals surface area contributed by atoms with Crippen LogP contribution in [0.15, 0.2) is 12.3 Å². The summed E-state index contributed by atoms with van der Waals surface area (Å²) in [6, 6.07) is 1.62. The summed E-state index contributed by atoms with van der Waals surface area (Å²) in [5.74, 6) is -0.480. The minimum absolute atomic E-state index is 0.0491. The first-order chi connectivity index (χ1) is 6.74. The molecule has 1 aromatic rings. The zero-order valence-electron chi connectivity index (χ0n) is 7.81. The zero-order valence-corrected chi connectivity index (χ0v) is 7.81. The molecule has 0 amide bonds. The van der Waals surface area contributed by atoms with E-state index in [9.17, 15) is 4.79 Å². The zero-order chi connectivity index (χ0) is 10.1. The first kappa shape index (κ1) is 9.27. The van der Waals surface area contributed by atoms with Gasteiger partial charge in [-0.25, -0.2) is 4.79 Å². The van der Waals surface area contributed by atoms with Gasteiger partial charge < -0.3 is 14.8 Å². The average molecular weight is 195 g/mol. The summed E-state index contributed by atoms with van der Waals surface area (Å²) >= 11 is 0. The van der Waals surface area contributed by atoms with Crippen molar-refractivity contribution in [1.82, 2.24) is 4.57 Å². The number of hydrogen-bond donors (Lipinski definition) is 2. The highest BCUT2D eigenvalue weighted by molar-refractivity contribution is 5.89. The van der Waals surface area contributed by atoms with Crippen molar-refractivity contribution >= 4 is 5.97 Å². The van der Waals surface area contributed by atoms with Crippen LogP contribution in [0.4, 0.5) is 0 Å². The Bertz CT molecular complexity index is 352. The maximum absolute atomic E-state index is 10.9. The Morgan fingerprint density at radius 3 is 2.79 bits per heavy atom. The van der Waals surface area contributed by atoms with Gasteiger partial charge in [0, 0.05) is 24.4 Å². The van der Waals surface area contributed by atoms with Crippen molar-refractivity contribution in [2.75, 3.05) is 6.61 Å². The minimum atomic E-state index is -0.872. The van der Waals surface area contributed by atoms with Crippen LogP contribution < -0.4 is 0 Å². The Kier molecular flexibility index (Phi) is 2.29. The summed E-state index contributed by atoms with van der Waals surface area (Å²) in [6.07, 6.45) is 3.87. The molecule has 1 fully saturated rings. The Balaban J connectivity index is 2.36. The highest BCUT2D eigenvalue weighted by Crippen LogP contribution is 2.42. The molecule has 2 rings (SSSR count). The fourth-order valence-electron chi connectivity index (χ4n) is 1.78. The standard InChI is InChI=1S/C10H13NO3/c12-6-5-11-4-3-8(10(13)14)9(11)7-1-2-7/h3-4,7,12H,1-2,5-6H2,(H,13,14). The fourth-order valence-corrected chi connectivity index (χ4v) is 1.78. The van der Waals surface area contributed by atoms with Gasteiger partial charge in [-0.2, -0.15) is 0 Å². The molecule has 0 unspecified atom stereocenters. The van der Waals surface area contributed by atoms with Gasteiger partial charge in [-0.15, -0.1) is 0 Å². The first-order valence-electron chi connectivity index (χ1n) is 4.77. The lowest BCUT2D eigenvalue weighted by molar-refractivity contribution is 0.0695. The summed E-state index contributed by atoms with van der Waals surface area (Å²) in [5.41, 5.74) is 1.27. The van der Waals surface area contributed by atoms with E-state index in [-0.39, 0.29) is 6.61 Å². The first-order valence-corrected chi connectivity index (χ1v) is 4.77. The molecule has 14 heavy (non-hydrogen) atoms. The van der Waals surface area contributed by atoms with E-state index >= 15 is 0 Å². The molecule has 0 aromatic carbocycles. The van der Waals surface area contributed by atoms with Crippen molar-refractivity contribution < 1.29 is 15.0 Å². The topological polar surface area (TPSA) is 62.5 Å². The van der Waals surface area contributed by atoms with Gasteiger partial charge in [0.25, 0.3) is 0 Å². The maximum Gasteiger partial charge on any atom is 0.337 e. The van der Waals surface area contributed by atoms with Crippen LogP contribution in [0.1, 0.15) is 34.8 Å². The van der Waals surface area contributed by atoms with Gasteiger partial charge >= 0.3 is 5.97 Å². The molecule has 76 valence electrons. The van der Waals surface area contributed by atoms with Crippen LogP contribution in [0, 0.1) is 0 Å². The predicted octanol–water partition coefficient (Wildman–Crippen LogP) is 1.06. The third-order valence-electron chi connectivity index (χ3n) is 2.54. The minimum Gasteiger partial charge on any atom is -0.478 e. The number of rotatable bonds is 4. The number of carboxylic acid groups (broad SMARTS) is 1. The van der Waals surface area contributed by atoms with Crippen molar-refractivity contribution in [2.45, 2.75) is 25.3 Å². The second-order valence-electron chi connectivity index (χ2n) is 3.61. The molecule has 1 aliphatic rings. The predicted molar refractivity (Wildman–Crippen MR) is 50.5 cm³/mol. The number of nitrogens with zero attached hydrogens (tertiary/aromatic N) is 1. The molecular weight excluding hydrogens is 182 g/mol. The molecule has 0 bridgehead atoms. The summed E-state index contributed by atoms with van der Waals surface area (Å²) < 4.78 is 1.85. The van der Waals surface area contributed by atoms with Crippen molar-refractivity contribution in [3.8, 4) is 0 Å². The number of aromatic nitrogens is 1. The molecule has 2 N–H and O–H groups in total. The number of carbonyl (C=O) groups is 1. The molecule has 1 heterocycles. The van der Waals surface area contributed by atoms with Crippen LogP contribution in [0.25, 0.3) is 0 Å². The van der Waals surface area contributed by atoms with Gasteiger partial charge in [-0.1, -0.05) is 0 Å². The quantitative estimate of drug-likeness (QED) is 0.755. The van der Waals surface area contributed by atoms with Crippen LogP contribution in [0.5, 0.6) is 0 Å². The molecule has 4 nitrogen and oxygen atoms in total. The Morgan fingerprint density at radius 1 is 1.57 bits per heavy atom. The van der Waals surface area contributed by atoms with Crippen molar-refractivity contribution in [2.24, 2.45) is 0 Å². The van der Waals surface area contributed by atoms with Crippen LogP contribution in [-0.2, 0) is 6.54 Å². The van der Waals surface area contributed by atoms with E-state index in [2.05, 4.69) is 0 Å².